The van der Waals surface area contributed by atoms with E-state index in [0.29, 0.717) is 12.2 Å². The van der Waals surface area contributed by atoms with E-state index in [1.807, 2.05) is 0 Å². The first-order chi connectivity index (χ1) is 12.1. The molecule has 2 aliphatic rings. The molecular formula is C22H27NO2. The zero-order valence-corrected chi connectivity index (χ0v) is 15.4. The Kier molecular flexibility index (Phi) is 4.53. The molecule has 0 saturated carbocycles. The van der Waals surface area contributed by atoms with Crippen LogP contribution in [-0.4, -0.2) is 38.5 Å². The number of rotatable bonds is 7. The molecule has 25 heavy (non-hydrogen) atoms. The first-order valence-corrected chi connectivity index (χ1v) is 9.22. The van der Waals surface area contributed by atoms with Crippen LogP contribution in [0.5, 0.6) is 0 Å². The Labute approximate surface area is 150 Å². The normalized spacial score (nSPS) is 21.2. The van der Waals surface area contributed by atoms with Gasteiger partial charge in [0.1, 0.15) is 0 Å². The summed E-state index contributed by atoms with van der Waals surface area (Å²) < 4.78 is 10.9. The molecule has 2 aliphatic heterocycles. The molecule has 2 fully saturated rings. The minimum Gasteiger partial charge on any atom is -0.371 e. The van der Waals surface area contributed by atoms with Gasteiger partial charge in [-0.3, -0.25) is 0 Å². The van der Waals surface area contributed by atoms with E-state index in [4.69, 9.17) is 9.47 Å². The lowest BCUT2D eigenvalue weighted by Crippen LogP contribution is -2.32. The van der Waals surface area contributed by atoms with E-state index in [-0.39, 0.29) is 0 Å². The largest absolute Gasteiger partial charge is 0.371 e. The minimum absolute atomic E-state index is 0.397. The van der Waals surface area contributed by atoms with E-state index in [9.17, 15) is 0 Å². The highest BCUT2D eigenvalue weighted by molar-refractivity contribution is 5.55. The van der Waals surface area contributed by atoms with Gasteiger partial charge in [-0.15, -0.1) is 0 Å². The first kappa shape index (κ1) is 16.6. The van der Waals surface area contributed by atoms with Gasteiger partial charge < -0.3 is 14.4 Å². The molecule has 2 aromatic rings. The lowest BCUT2D eigenvalue weighted by molar-refractivity contribution is 0.389. The number of aryl methyl sites for hydroxylation is 3. The van der Waals surface area contributed by atoms with Crippen molar-refractivity contribution in [2.24, 2.45) is 0 Å². The van der Waals surface area contributed by atoms with Crippen LogP contribution in [0.2, 0.25) is 0 Å². The molecule has 0 N–H and O–H groups in total. The van der Waals surface area contributed by atoms with E-state index < -0.39 is 0 Å². The van der Waals surface area contributed by atoms with Gasteiger partial charge in [-0.1, -0.05) is 30.3 Å². The maximum atomic E-state index is 5.44. The molecule has 0 spiro atoms. The summed E-state index contributed by atoms with van der Waals surface area (Å²) in [6, 6.07) is 13.6. The molecule has 132 valence electrons. The number of ether oxygens (including phenoxy) is 2. The van der Waals surface area contributed by atoms with E-state index in [1.54, 1.807) is 0 Å². The summed E-state index contributed by atoms with van der Waals surface area (Å²) in [7, 11) is 0. The molecule has 0 aliphatic carbocycles. The first-order valence-electron chi connectivity index (χ1n) is 9.22. The second-order valence-corrected chi connectivity index (χ2v) is 7.53. The van der Waals surface area contributed by atoms with Gasteiger partial charge in [-0.05, 0) is 61.1 Å². The number of nitrogens with zero attached hydrogens (tertiary/aromatic N) is 1. The van der Waals surface area contributed by atoms with Gasteiger partial charge in [0.2, 0.25) is 0 Å². The third-order valence-electron chi connectivity index (χ3n) is 5.23. The fourth-order valence-electron chi connectivity index (χ4n) is 3.44. The molecule has 0 amide bonds. The Bertz CT molecular complexity index is 749. The summed E-state index contributed by atoms with van der Waals surface area (Å²) >= 11 is 0. The van der Waals surface area contributed by atoms with Crippen LogP contribution in [0.15, 0.2) is 36.4 Å². The van der Waals surface area contributed by atoms with Gasteiger partial charge in [0.25, 0.3) is 0 Å². The van der Waals surface area contributed by atoms with Crippen LogP contribution in [0.1, 0.15) is 27.8 Å². The molecular weight excluding hydrogens is 310 g/mol. The van der Waals surface area contributed by atoms with Gasteiger partial charge >= 0.3 is 0 Å². The summed E-state index contributed by atoms with van der Waals surface area (Å²) in [5, 5.41) is 0. The van der Waals surface area contributed by atoms with Crippen LogP contribution in [0, 0.1) is 20.8 Å². The van der Waals surface area contributed by atoms with Gasteiger partial charge in [0, 0.05) is 18.8 Å². The van der Waals surface area contributed by atoms with Crippen molar-refractivity contribution in [3.63, 3.8) is 0 Å². The predicted molar refractivity (Wildman–Crippen MR) is 102 cm³/mol. The van der Waals surface area contributed by atoms with Crippen molar-refractivity contribution in [2.45, 2.75) is 39.4 Å². The van der Waals surface area contributed by atoms with Gasteiger partial charge in [-0.2, -0.15) is 0 Å². The molecule has 2 heterocycles. The summed E-state index contributed by atoms with van der Waals surface area (Å²) in [6.45, 7) is 10.3. The zero-order valence-electron chi connectivity index (χ0n) is 15.4. The zero-order chi connectivity index (χ0) is 17.4. The van der Waals surface area contributed by atoms with Crippen molar-refractivity contribution in [1.82, 2.24) is 0 Å². The lowest BCUT2D eigenvalue weighted by Gasteiger charge is -2.25. The third kappa shape index (κ3) is 4.23. The third-order valence-corrected chi connectivity index (χ3v) is 5.23. The number of hydrogen-bond donors (Lipinski definition) is 0. The average Bonchev–Trinajstić information content (AvgIpc) is 3.47. The summed E-state index contributed by atoms with van der Waals surface area (Å²) in [6.07, 6.45) is 1.78. The van der Waals surface area contributed by atoms with Crippen LogP contribution in [0.25, 0.3) is 0 Å². The van der Waals surface area contributed by atoms with Crippen LogP contribution >= 0.6 is 0 Å². The Hall–Kier alpha value is -1.84. The maximum Gasteiger partial charge on any atom is 0.0984 e. The summed E-state index contributed by atoms with van der Waals surface area (Å²) in [5.74, 6) is 0. The minimum atomic E-state index is 0.397. The van der Waals surface area contributed by atoms with Crippen molar-refractivity contribution >= 4 is 5.69 Å². The fourth-order valence-corrected chi connectivity index (χ4v) is 3.44. The molecule has 3 heteroatoms. The molecule has 2 atom stereocenters. The van der Waals surface area contributed by atoms with E-state index in [0.717, 1.165) is 32.7 Å². The van der Waals surface area contributed by atoms with Crippen LogP contribution in [0.3, 0.4) is 0 Å². The van der Waals surface area contributed by atoms with Crippen LogP contribution in [0.4, 0.5) is 5.69 Å². The fraction of sp³-hybridized carbons (Fsp3) is 0.455. The number of hydrogen-bond acceptors (Lipinski definition) is 3. The molecule has 2 unspecified atom stereocenters. The van der Waals surface area contributed by atoms with Gasteiger partial charge in [0.15, 0.2) is 0 Å². The maximum absolute atomic E-state index is 5.44. The van der Waals surface area contributed by atoms with Crippen molar-refractivity contribution in [3.8, 4) is 0 Å². The smallest absolute Gasteiger partial charge is 0.0984 e. The van der Waals surface area contributed by atoms with Gasteiger partial charge in [-0.25, -0.2) is 0 Å². The standard InChI is InChI=1S/C22H27NO2/c1-15-4-5-18(8-16(15)2)10-19-6-7-22(17(3)9-19)23(11-20-13-24-20)12-21-14-25-21/h4-9,20-21H,10-14H2,1-3H3. The van der Waals surface area contributed by atoms with Crippen molar-refractivity contribution in [1.29, 1.82) is 0 Å². The van der Waals surface area contributed by atoms with Crippen LogP contribution < -0.4 is 4.90 Å². The molecule has 2 saturated heterocycles. The van der Waals surface area contributed by atoms with E-state index >= 15 is 0 Å². The number of anilines is 1. The van der Waals surface area contributed by atoms with Crippen molar-refractivity contribution < 1.29 is 9.47 Å². The quantitative estimate of drug-likeness (QED) is 0.719. The lowest BCUT2D eigenvalue weighted by atomic mass is 9.99. The Morgan fingerprint density at radius 3 is 1.88 bits per heavy atom. The highest BCUT2D eigenvalue weighted by Crippen LogP contribution is 2.27. The second kappa shape index (κ2) is 6.81. The molecule has 0 bridgehead atoms. The van der Waals surface area contributed by atoms with Crippen molar-refractivity contribution in [2.75, 3.05) is 31.2 Å². The molecule has 2 aromatic carbocycles. The summed E-state index contributed by atoms with van der Waals surface area (Å²) in [5.41, 5.74) is 8.12. The monoisotopic (exact) mass is 337 g/mol. The number of benzene rings is 2. The SMILES string of the molecule is Cc1ccc(Cc2ccc(N(CC3CO3)CC3CO3)c(C)c2)cc1C. The van der Waals surface area contributed by atoms with Crippen molar-refractivity contribution in [3.05, 3.63) is 64.2 Å². The Morgan fingerprint density at radius 2 is 1.36 bits per heavy atom. The molecule has 3 nitrogen and oxygen atoms in total. The Morgan fingerprint density at radius 1 is 0.800 bits per heavy atom. The molecule has 4 rings (SSSR count). The highest BCUT2D eigenvalue weighted by atomic mass is 16.6. The Balaban J connectivity index is 1.51. The molecule has 0 aromatic heterocycles. The molecule has 0 radical (unpaired) electrons. The number of epoxide rings is 2. The highest BCUT2D eigenvalue weighted by Gasteiger charge is 2.31. The van der Waals surface area contributed by atoms with Gasteiger partial charge in [0.05, 0.1) is 25.4 Å². The van der Waals surface area contributed by atoms with E-state index in [1.165, 1.54) is 33.5 Å². The average molecular weight is 337 g/mol. The predicted octanol–water partition coefficient (Wildman–Crippen LogP) is 3.81. The summed E-state index contributed by atoms with van der Waals surface area (Å²) in [4.78, 5) is 2.43. The topological polar surface area (TPSA) is 28.3 Å². The van der Waals surface area contributed by atoms with Crippen LogP contribution in [-0.2, 0) is 15.9 Å². The van der Waals surface area contributed by atoms with E-state index in [2.05, 4.69) is 62.1 Å². The second-order valence-electron chi connectivity index (χ2n) is 7.53.